The molecule has 1 aromatic carbocycles. The summed E-state index contributed by atoms with van der Waals surface area (Å²) in [6, 6.07) is 5.93. The molecule has 0 aliphatic carbocycles. The Morgan fingerprint density at radius 2 is 1.82 bits per heavy atom. The van der Waals surface area contributed by atoms with E-state index in [1.54, 1.807) is 31.1 Å². The fourth-order valence-electron chi connectivity index (χ4n) is 1.58. The Bertz CT molecular complexity index is 378. The number of carbonyl (C=O) groups excluding carboxylic acids is 1. The van der Waals surface area contributed by atoms with E-state index in [0.29, 0.717) is 0 Å². The summed E-state index contributed by atoms with van der Waals surface area (Å²) in [6.45, 7) is 3.74. The molecule has 94 valence electrons. The maximum Gasteiger partial charge on any atom is 0.239 e. The number of nitrogens with one attached hydrogen (secondary N) is 1. The van der Waals surface area contributed by atoms with E-state index in [9.17, 15) is 9.18 Å². The van der Waals surface area contributed by atoms with Crippen LogP contribution in [0.2, 0.25) is 0 Å². The molecule has 2 unspecified atom stereocenters. The monoisotopic (exact) mass is 238 g/mol. The number of halogens is 1. The average Bonchev–Trinajstić information content (AvgIpc) is 2.36. The highest BCUT2D eigenvalue weighted by atomic mass is 19.1. The van der Waals surface area contributed by atoms with E-state index >= 15 is 0 Å². The van der Waals surface area contributed by atoms with Crippen LogP contribution in [0.15, 0.2) is 24.3 Å². The second-order valence-electron chi connectivity index (χ2n) is 4.19. The Morgan fingerprint density at radius 1 is 1.29 bits per heavy atom. The third-order valence-corrected chi connectivity index (χ3v) is 3.08. The lowest BCUT2D eigenvalue weighted by Crippen LogP contribution is -2.42. The van der Waals surface area contributed by atoms with Gasteiger partial charge in [-0.15, -0.1) is 0 Å². The number of likely N-dealkylation sites (N-methyl/N-ethyl adjacent to an activating group) is 2. The Labute approximate surface area is 102 Å². The van der Waals surface area contributed by atoms with Crippen LogP contribution < -0.4 is 5.32 Å². The molecule has 3 nitrogen and oxygen atoms in total. The van der Waals surface area contributed by atoms with E-state index in [-0.39, 0.29) is 23.8 Å². The van der Waals surface area contributed by atoms with Gasteiger partial charge < -0.3 is 10.2 Å². The summed E-state index contributed by atoms with van der Waals surface area (Å²) in [7, 11) is 3.50. The Kier molecular flexibility index (Phi) is 4.63. The minimum atomic E-state index is -0.265. The van der Waals surface area contributed by atoms with Gasteiger partial charge in [0.05, 0.1) is 12.1 Å². The number of benzene rings is 1. The molecule has 0 saturated heterocycles. The molecule has 0 spiro atoms. The topological polar surface area (TPSA) is 32.3 Å². The first kappa shape index (κ1) is 13.6. The van der Waals surface area contributed by atoms with E-state index in [1.165, 1.54) is 12.1 Å². The highest BCUT2D eigenvalue weighted by Gasteiger charge is 2.21. The molecular formula is C13H19FN2O. The zero-order chi connectivity index (χ0) is 13.0. The van der Waals surface area contributed by atoms with Gasteiger partial charge >= 0.3 is 0 Å². The van der Waals surface area contributed by atoms with Crippen LogP contribution in [0.1, 0.15) is 25.5 Å². The molecule has 0 aliphatic heterocycles. The first-order valence-electron chi connectivity index (χ1n) is 5.66. The third kappa shape index (κ3) is 3.27. The minimum Gasteiger partial charge on any atom is -0.338 e. The Hall–Kier alpha value is -1.42. The van der Waals surface area contributed by atoms with Gasteiger partial charge in [0.2, 0.25) is 5.91 Å². The van der Waals surface area contributed by atoms with Gasteiger partial charge in [-0.25, -0.2) is 4.39 Å². The minimum absolute atomic E-state index is 0.0179. The molecule has 0 fully saturated rings. The molecule has 1 N–H and O–H groups in total. The van der Waals surface area contributed by atoms with Crippen molar-refractivity contribution in [3.8, 4) is 0 Å². The maximum absolute atomic E-state index is 12.8. The number of amides is 1. The van der Waals surface area contributed by atoms with Crippen LogP contribution in [0.25, 0.3) is 0 Å². The first-order chi connectivity index (χ1) is 7.97. The normalized spacial score (nSPS) is 14.2. The van der Waals surface area contributed by atoms with Crippen molar-refractivity contribution < 1.29 is 9.18 Å². The maximum atomic E-state index is 12.8. The largest absolute Gasteiger partial charge is 0.338 e. The highest BCUT2D eigenvalue weighted by Crippen LogP contribution is 2.19. The van der Waals surface area contributed by atoms with Crippen molar-refractivity contribution in [1.82, 2.24) is 10.2 Å². The SMILES string of the molecule is CNC(C)C(=O)N(C)C(C)c1ccc(F)cc1. The molecular weight excluding hydrogens is 219 g/mol. The van der Waals surface area contributed by atoms with Gasteiger partial charge in [0.15, 0.2) is 0 Å². The van der Waals surface area contributed by atoms with Crippen LogP contribution in [-0.4, -0.2) is 30.9 Å². The third-order valence-electron chi connectivity index (χ3n) is 3.08. The van der Waals surface area contributed by atoms with Crippen LogP contribution in [0.5, 0.6) is 0 Å². The zero-order valence-corrected chi connectivity index (χ0v) is 10.7. The molecule has 0 aromatic heterocycles. The second-order valence-corrected chi connectivity index (χ2v) is 4.19. The quantitative estimate of drug-likeness (QED) is 0.869. The van der Waals surface area contributed by atoms with Gasteiger partial charge in [-0.3, -0.25) is 4.79 Å². The lowest BCUT2D eigenvalue weighted by atomic mass is 10.1. The van der Waals surface area contributed by atoms with Gasteiger partial charge in [0.1, 0.15) is 5.82 Å². The fraction of sp³-hybridized carbons (Fsp3) is 0.462. The molecule has 1 aromatic rings. The van der Waals surface area contributed by atoms with E-state index < -0.39 is 0 Å². The summed E-state index contributed by atoms with van der Waals surface area (Å²) in [5.41, 5.74) is 0.922. The van der Waals surface area contributed by atoms with Gasteiger partial charge in [0.25, 0.3) is 0 Å². The van der Waals surface area contributed by atoms with Crippen LogP contribution in [-0.2, 0) is 4.79 Å². The number of nitrogens with zero attached hydrogens (tertiary/aromatic N) is 1. The number of hydrogen-bond acceptors (Lipinski definition) is 2. The van der Waals surface area contributed by atoms with Crippen molar-refractivity contribution in [2.24, 2.45) is 0 Å². The van der Waals surface area contributed by atoms with Gasteiger partial charge in [0, 0.05) is 7.05 Å². The molecule has 0 aliphatic rings. The molecule has 4 heteroatoms. The zero-order valence-electron chi connectivity index (χ0n) is 10.7. The van der Waals surface area contributed by atoms with E-state index in [1.807, 2.05) is 13.8 Å². The molecule has 17 heavy (non-hydrogen) atoms. The van der Waals surface area contributed by atoms with Crippen LogP contribution in [0.3, 0.4) is 0 Å². The summed E-state index contributed by atoms with van der Waals surface area (Å²) < 4.78 is 12.8. The highest BCUT2D eigenvalue weighted by molar-refractivity contribution is 5.81. The van der Waals surface area contributed by atoms with E-state index in [2.05, 4.69) is 5.32 Å². The van der Waals surface area contributed by atoms with Gasteiger partial charge in [-0.2, -0.15) is 0 Å². The van der Waals surface area contributed by atoms with Gasteiger partial charge in [-0.05, 0) is 38.6 Å². The van der Waals surface area contributed by atoms with Crippen molar-refractivity contribution in [3.63, 3.8) is 0 Å². The van der Waals surface area contributed by atoms with Crippen molar-refractivity contribution in [3.05, 3.63) is 35.6 Å². The summed E-state index contributed by atoms with van der Waals surface area (Å²) in [5, 5.41) is 2.91. The number of rotatable bonds is 4. The molecule has 0 bridgehead atoms. The fourth-order valence-corrected chi connectivity index (χ4v) is 1.58. The first-order valence-corrected chi connectivity index (χ1v) is 5.66. The summed E-state index contributed by atoms with van der Waals surface area (Å²) in [6.07, 6.45) is 0. The van der Waals surface area contributed by atoms with Crippen LogP contribution >= 0.6 is 0 Å². The van der Waals surface area contributed by atoms with E-state index in [4.69, 9.17) is 0 Å². The van der Waals surface area contributed by atoms with Crippen LogP contribution in [0, 0.1) is 5.82 Å². The standard InChI is InChI=1S/C13H19FN2O/c1-9(15-3)13(17)16(4)10(2)11-5-7-12(14)8-6-11/h5-10,15H,1-4H3. The Morgan fingerprint density at radius 3 is 2.29 bits per heavy atom. The molecule has 2 atom stereocenters. The number of carbonyl (C=O) groups is 1. The predicted molar refractivity (Wildman–Crippen MR) is 66.1 cm³/mol. The molecule has 0 heterocycles. The predicted octanol–water partition coefficient (Wildman–Crippen LogP) is 1.95. The molecule has 1 rings (SSSR count). The van der Waals surface area contributed by atoms with Crippen molar-refractivity contribution in [2.45, 2.75) is 25.9 Å². The number of hydrogen-bond donors (Lipinski definition) is 1. The second kappa shape index (κ2) is 5.77. The summed E-state index contributed by atoms with van der Waals surface area (Å²) in [4.78, 5) is 13.6. The summed E-state index contributed by atoms with van der Waals surface area (Å²) >= 11 is 0. The van der Waals surface area contributed by atoms with Crippen molar-refractivity contribution >= 4 is 5.91 Å². The Balaban J connectivity index is 2.79. The molecule has 0 radical (unpaired) electrons. The summed E-state index contributed by atoms with van der Waals surface area (Å²) in [5.74, 6) is -0.247. The molecule has 0 saturated carbocycles. The van der Waals surface area contributed by atoms with Crippen LogP contribution in [0.4, 0.5) is 4.39 Å². The van der Waals surface area contributed by atoms with Crippen molar-refractivity contribution in [2.75, 3.05) is 14.1 Å². The van der Waals surface area contributed by atoms with E-state index in [0.717, 1.165) is 5.56 Å². The average molecular weight is 238 g/mol. The molecule has 1 amide bonds. The smallest absolute Gasteiger partial charge is 0.239 e. The van der Waals surface area contributed by atoms with Gasteiger partial charge in [-0.1, -0.05) is 12.1 Å². The van der Waals surface area contributed by atoms with Crippen molar-refractivity contribution in [1.29, 1.82) is 0 Å². The lowest BCUT2D eigenvalue weighted by molar-refractivity contribution is -0.133. The lowest BCUT2D eigenvalue weighted by Gasteiger charge is -2.27.